The quantitative estimate of drug-likeness (QED) is 0.700. The van der Waals surface area contributed by atoms with Crippen molar-refractivity contribution in [3.8, 4) is 0 Å². The van der Waals surface area contributed by atoms with Crippen LogP contribution in [0.4, 0.5) is 0 Å². The maximum absolute atomic E-state index is 3.68. The fraction of sp³-hybridized carbons (Fsp3) is 1.00. The summed E-state index contributed by atoms with van der Waals surface area (Å²) in [5.41, 5.74) is 0.633. The normalized spacial score (nSPS) is 20.4. The first kappa shape index (κ1) is 13.0. The van der Waals surface area contributed by atoms with Crippen LogP contribution in [0.5, 0.6) is 0 Å². The molecule has 0 atom stereocenters. The molecule has 0 bridgehead atoms. The Kier molecular flexibility index (Phi) is 5.11. The summed E-state index contributed by atoms with van der Waals surface area (Å²) in [7, 11) is 0. The summed E-state index contributed by atoms with van der Waals surface area (Å²) in [5, 5.41) is 3.68. The highest BCUT2D eigenvalue weighted by Gasteiger charge is 2.38. The van der Waals surface area contributed by atoms with Crippen molar-refractivity contribution in [3.63, 3.8) is 0 Å². The van der Waals surface area contributed by atoms with E-state index in [0.29, 0.717) is 11.5 Å². The van der Waals surface area contributed by atoms with Gasteiger partial charge in [0.15, 0.2) is 0 Å². The molecule has 1 saturated carbocycles. The van der Waals surface area contributed by atoms with Crippen molar-refractivity contribution in [2.24, 2.45) is 11.3 Å². The summed E-state index contributed by atoms with van der Waals surface area (Å²) >= 11 is 0. The Bertz CT molecular complexity index is 164. The molecular formula is C14H29N. The lowest BCUT2D eigenvalue weighted by Crippen LogP contribution is -2.40. The first-order chi connectivity index (χ1) is 7.14. The maximum atomic E-state index is 3.68. The van der Waals surface area contributed by atoms with Crippen molar-refractivity contribution in [2.45, 2.75) is 72.3 Å². The minimum absolute atomic E-state index is 0.633. The monoisotopic (exact) mass is 211 g/mol. The van der Waals surface area contributed by atoms with E-state index in [1.54, 1.807) is 0 Å². The maximum Gasteiger partial charge on any atom is 0.00128 e. The largest absolute Gasteiger partial charge is 0.314 e. The van der Waals surface area contributed by atoms with E-state index in [9.17, 15) is 0 Å². The molecule has 0 amide bonds. The number of nitrogens with one attached hydrogen (secondary N) is 1. The molecule has 0 aliphatic heterocycles. The Balaban J connectivity index is 2.60. The zero-order valence-electron chi connectivity index (χ0n) is 11.1. The Morgan fingerprint density at radius 1 is 1.07 bits per heavy atom. The molecular weight excluding hydrogens is 182 g/mol. The van der Waals surface area contributed by atoms with Gasteiger partial charge in [0.25, 0.3) is 0 Å². The minimum Gasteiger partial charge on any atom is -0.314 e. The van der Waals surface area contributed by atoms with Crippen LogP contribution in [0.2, 0.25) is 0 Å². The molecule has 15 heavy (non-hydrogen) atoms. The van der Waals surface area contributed by atoms with Crippen LogP contribution in [-0.4, -0.2) is 12.6 Å². The average Bonchev–Trinajstić information content (AvgIpc) is 2.67. The van der Waals surface area contributed by atoms with E-state index in [4.69, 9.17) is 0 Å². The molecule has 0 spiro atoms. The SMILES string of the molecule is CCC(CC)C1(CNC(C)C)CCCC1. The van der Waals surface area contributed by atoms with Crippen molar-refractivity contribution in [2.75, 3.05) is 6.54 Å². The first-order valence-corrected chi connectivity index (χ1v) is 6.88. The predicted molar refractivity (Wildman–Crippen MR) is 68.1 cm³/mol. The van der Waals surface area contributed by atoms with Gasteiger partial charge < -0.3 is 5.32 Å². The average molecular weight is 211 g/mol. The van der Waals surface area contributed by atoms with Crippen molar-refractivity contribution in [3.05, 3.63) is 0 Å². The smallest absolute Gasteiger partial charge is 0.00128 e. The lowest BCUT2D eigenvalue weighted by Gasteiger charge is -2.38. The summed E-state index contributed by atoms with van der Waals surface area (Å²) in [6.45, 7) is 10.5. The molecule has 90 valence electrons. The molecule has 1 N–H and O–H groups in total. The zero-order chi connectivity index (χ0) is 11.3. The van der Waals surface area contributed by atoms with Gasteiger partial charge in [-0.2, -0.15) is 0 Å². The second-order valence-corrected chi connectivity index (χ2v) is 5.62. The van der Waals surface area contributed by atoms with E-state index >= 15 is 0 Å². The second kappa shape index (κ2) is 5.89. The van der Waals surface area contributed by atoms with Crippen LogP contribution in [0.15, 0.2) is 0 Å². The van der Waals surface area contributed by atoms with Gasteiger partial charge in [-0.05, 0) is 24.2 Å². The fourth-order valence-electron chi connectivity index (χ4n) is 3.37. The van der Waals surface area contributed by atoms with E-state index in [-0.39, 0.29) is 0 Å². The van der Waals surface area contributed by atoms with Gasteiger partial charge in [0.05, 0.1) is 0 Å². The van der Waals surface area contributed by atoms with Crippen molar-refractivity contribution in [1.82, 2.24) is 5.32 Å². The fourth-order valence-corrected chi connectivity index (χ4v) is 3.37. The molecule has 0 aromatic rings. The highest BCUT2D eigenvalue weighted by molar-refractivity contribution is 4.91. The molecule has 0 unspecified atom stereocenters. The van der Waals surface area contributed by atoms with Gasteiger partial charge in [-0.3, -0.25) is 0 Å². The highest BCUT2D eigenvalue weighted by Crippen LogP contribution is 2.46. The molecule has 1 aliphatic rings. The standard InChI is InChI=1S/C14H29N/c1-5-13(6-2)14(9-7-8-10-14)11-15-12(3)4/h12-13,15H,5-11H2,1-4H3. The van der Waals surface area contributed by atoms with Crippen LogP contribution in [0.3, 0.4) is 0 Å². The minimum atomic E-state index is 0.633. The molecule has 1 rings (SSSR count). The van der Waals surface area contributed by atoms with Crippen molar-refractivity contribution < 1.29 is 0 Å². The second-order valence-electron chi connectivity index (χ2n) is 5.62. The zero-order valence-corrected chi connectivity index (χ0v) is 11.1. The molecule has 0 aromatic carbocycles. The summed E-state index contributed by atoms with van der Waals surface area (Å²) in [6, 6.07) is 0.636. The molecule has 0 radical (unpaired) electrons. The molecule has 1 heteroatoms. The van der Waals surface area contributed by atoms with Crippen LogP contribution in [0.1, 0.15) is 66.2 Å². The summed E-state index contributed by atoms with van der Waals surface area (Å²) < 4.78 is 0. The van der Waals surface area contributed by atoms with E-state index in [0.717, 1.165) is 5.92 Å². The highest BCUT2D eigenvalue weighted by atomic mass is 14.9. The third-order valence-electron chi connectivity index (χ3n) is 4.31. The summed E-state index contributed by atoms with van der Waals surface area (Å²) in [6.07, 6.45) is 8.54. The summed E-state index contributed by atoms with van der Waals surface area (Å²) in [5.74, 6) is 0.936. The van der Waals surface area contributed by atoms with Gasteiger partial charge >= 0.3 is 0 Å². The molecule has 0 aromatic heterocycles. The molecule has 1 aliphatic carbocycles. The molecule has 0 saturated heterocycles. The van der Waals surface area contributed by atoms with Crippen molar-refractivity contribution >= 4 is 0 Å². The topological polar surface area (TPSA) is 12.0 Å². The van der Waals surface area contributed by atoms with Gasteiger partial charge in [0.2, 0.25) is 0 Å². The van der Waals surface area contributed by atoms with E-state index in [1.807, 2.05) is 0 Å². The van der Waals surface area contributed by atoms with E-state index in [1.165, 1.54) is 45.1 Å². The van der Waals surface area contributed by atoms with Gasteiger partial charge in [0, 0.05) is 12.6 Å². The van der Waals surface area contributed by atoms with Crippen molar-refractivity contribution in [1.29, 1.82) is 0 Å². The molecule has 1 fully saturated rings. The van der Waals surface area contributed by atoms with E-state index < -0.39 is 0 Å². The third kappa shape index (κ3) is 3.21. The summed E-state index contributed by atoms with van der Waals surface area (Å²) in [4.78, 5) is 0. The third-order valence-corrected chi connectivity index (χ3v) is 4.31. The van der Waals surface area contributed by atoms with Crippen LogP contribution in [-0.2, 0) is 0 Å². The number of hydrogen-bond acceptors (Lipinski definition) is 1. The Labute approximate surface area is 96.0 Å². The molecule has 0 heterocycles. The number of rotatable bonds is 6. The van der Waals surface area contributed by atoms with Crippen LogP contribution >= 0.6 is 0 Å². The van der Waals surface area contributed by atoms with Crippen LogP contribution in [0.25, 0.3) is 0 Å². The van der Waals surface area contributed by atoms with Crippen LogP contribution < -0.4 is 5.32 Å². The van der Waals surface area contributed by atoms with Gasteiger partial charge in [-0.25, -0.2) is 0 Å². The molecule has 1 nitrogen and oxygen atoms in total. The Morgan fingerprint density at radius 2 is 1.60 bits per heavy atom. The van der Waals surface area contributed by atoms with Gasteiger partial charge in [-0.15, -0.1) is 0 Å². The lowest BCUT2D eigenvalue weighted by molar-refractivity contribution is 0.146. The lowest BCUT2D eigenvalue weighted by atomic mass is 9.71. The van der Waals surface area contributed by atoms with Gasteiger partial charge in [-0.1, -0.05) is 53.4 Å². The van der Waals surface area contributed by atoms with E-state index in [2.05, 4.69) is 33.0 Å². The van der Waals surface area contributed by atoms with Gasteiger partial charge in [0.1, 0.15) is 0 Å². The van der Waals surface area contributed by atoms with Crippen LogP contribution in [0, 0.1) is 11.3 Å². The Morgan fingerprint density at radius 3 is 2.00 bits per heavy atom. The predicted octanol–water partition coefficient (Wildman–Crippen LogP) is 3.98. The first-order valence-electron chi connectivity index (χ1n) is 6.88. The number of hydrogen-bond donors (Lipinski definition) is 1. The Hall–Kier alpha value is -0.0400.